The minimum Gasteiger partial charge on any atom is -0.392 e. The highest BCUT2D eigenvalue weighted by Gasteiger charge is 2.20. The van der Waals surface area contributed by atoms with E-state index in [1.54, 1.807) is 16.8 Å². The highest BCUT2D eigenvalue weighted by molar-refractivity contribution is 5.31. The lowest BCUT2D eigenvalue weighted by Crippen LogP contribution is -2.21. The molecule has 0 saturated carbocycles. The van der Waals surface area contributed by atoms with Gasteiger partial charge in [0.15, 0.2) is 0 Å². The van der Waals surface area contributed by atoms with Crippen LogP contribution in [0, 0.1) is 5.82 Å². The van der Waals surface area contributed by atoms with Crippen LogP contribution in [0.5, 0.6) is 0 Å². The van der Waals surface area contributed by atoms with E-state index in [0.29, 0.717) is 0 Å². The average molecular weight is 261 g/mol. The van der Waals surface area contributed by atoms with Crippen molar-refractivity contribution in [2.45, 2.75) is 19.1 Å². The van der Waals surface area contributed by atoms with Crippen molar-refractivity contribution in [3.8, 4) is 5.69 Å². The molecule has 0 bridgehead atoms. The zero-order valence-corrected chi connectivity index (χ0v) is 10.5. The third kappa shape index (κ3) is 2.83. The molecule has 1 aromatic heterocycles. The molecule has 1 N–H and O–H groups in total. The summed E-state index contributed by atoms with van der Waals surface area (Å²) in [6, 6.07) is 6.25. The summed E-state index contributed by atoms with van der Waals surface area (Å²) >= 11 is 0. The summed E-state index contributed by atoms with van der Waals surface area (Å²) in [5, 5.41) is 13.8. The van der Waals surface area contributed by atoms with E-state index in [-0.39, 0.29) is 11.9 Å². The molecule has 1 aliphatic heterocycles. The molecule has 100 valence electrons. The molecule has 0 amide bonds. The Morgan fingerprint density at radius 2 is 2.11 bits per heavy atom. The molecular weight excluding hydrogens is 245 g/mol. The molecule has 0 spiro atoms. The highest BCUT2D eigenvalue weighted by atomic mass is 19.1. The van der Waals surface area contributed by atoms with Crippen LogP contribution in [0.15, 0.2) is 36.7 Å². The summed E-state index contributed by atoms with van der Waals surface area (Å²) < 4.78 is 14.6. The van der Waals surface area contributed by atoms with Gasteiger partial charge in [0.2, 0.25) is 0 Å². The van der Waals surface area contributed by atoms with E-state index < -0.39 is 0 Å². The van der Waals surface area contributed by atoms with Gasteiger partial charge in [-0.25, -0.2) is 9.07 Å². The number of likely N-dealkylation sites (tertiary alicyclic amines) is 1. The first kappa shape index (κ1) is 12.3. The number of aliphatic hydroxyl groups excluding tert-OH is 1. The van der Waals surface area contributed by atoms with Crippen molar-refractivity contribution >= 4 is 0 Å². The number of β-amino-alcohol motifs (C(OH)–C–C–N with tert-alkyl or cyclic N) is 1. The van der Waals surface area contributed by atoms with Crippen molar-refractivity contribution < 1.29 is 9.50 Å². The van der Waals surface area contributed by atoms with Gasteiger partial charge in [0.25, 0.3) is 0 Å². The van der Waals surface area contributed by atoms with Crippen LogP contribution in [0.2, 0.25) is 0 Å². The Morgan fingerprint density at radius 1 is 1.32 bits per heavy atom. The lowest BCUT2D eigenvalue weighted by atomic mass is 10.3. The Balaban J connectivity index is 1.71. The second kappa shape index (κ2) is 5.11. The predicted octanol–water partition coefficient (Wildman–Crippen LogP) is 1.58. The second-order valence-electron chi connectivity index (χ2n) is 4.95. The number of rotatable bonds is 3. The first-order valence-corrected chi connectivity index (χ1v) is 6.40. The van der Waals surface area contributed by atoms with E-state index in [4.69, 9.17) is 0 Å². The van der Waals surface area contributed by atoms with E-state index in [2.05, 4.69) is 10.00 Å². The van der Waals surface area contributed by atoms with Gasteiger partial charge in [0.1, 0.15) is 5.82 Å². The SMILES string of the molecule is OC1CCN(Cc2cnn(-c3ccc(F)cc3)c2)C1. The Morgan fingerprint density at radius 3 is 2.79 bits per heavy atom. The quantitative estimate of drug-likeness (QED) is 0.912. The van der Waals surface area contributed by atoms with Gasteiger partial charge in [-0.1, -0.05) is 0 Å². The fourth-order valence-electron chi connectivity index (χ4n) is 2.39. The highest BCUT2D eigenvalue weighted by Crippen LogP contribution is 2.14. The maximum atomic E-state index is 12.9. The van der Waals surface area contributed by atoms with Gasteiger partial charge in [0.05, 0.1) is 18.0 Å². The fraction of sp³-hybridized carbons (Fsp3) is 0.357. The van der Waals surface area contributed by atoms with Crippen LogP contribution >= 0.6 is 0 Å². The van der Waals surface area contributed by atoms with E-state index in [1.165, 1.54) is 12.1 Å². The first-order chi connectivity index (χ1) is 9.20. The third-order valence-corrected chi connectivity index (χ3v) is 3.38. The summed E-state index contributed by atoms with van der Waals surface area (Å²) in [5.74, 6) is -0.248. The van der Waals surface area contributed by atoms with Crippen molar-refractivity contribution in [1.82, 2.24) is 14.7 Å². The number of hydrogen-bond donors (Lipinski definition) is 1. The lowest BCUT2D eigenvalue weighted by Gasteiger charge is -2.12. The predicted molar refractivity (Wildman–Crippen MR) is 69.4 cm³/mol. The van der Waals surface area contributed by atoms with Crippen LogP contribution in [-0.2, 0) is 6.54 Å². The largest absolute Gasteiger partial charge is 0.392 e. The molecule has 1 atom stereocenters. The van der Waals surface area contributed by atoms with Crippen LogP contribution in [-0.4, -0.2) is 39.0 Å². The van der Waals surface area contributed by atoms with Crippen molar-refractivity contribution in [2.75, 3.05) is 13.1 Å². The van der Waals surface area contributed by atoms with Crippen molar-refractivity contribution in [3.05, 3.63) is 48.0 Å². The zero-order chi connectivity index (χ0) is 13.2. The Hall–Kier alpha value is -1.72. The molecule has 1 saturated heterocycles. The summed E-state index contributed by atoms with van der Waals surface area (Å²) in [6.07, 6.45) is 4.39. The maximum absolute atomic E-state index is 12.9. The minimum absolute atomic E-state index is 0.202. The number of nitrogens with zero attached hydrogens (tertiary/aromatic N) is 3. The van der Waals surface area contributed by atoms with Crippen molar-refractivity contribution in [3.63, 3.8) is 0 Å². The van der Waals surface area contributed by atoms with Gasteiger partial charge in [-0.3, -0.25) is 4.90 Å². The number of aliphatic hydroxyl groups is 1. The maximum Gasteiger partial charge on any atom is 0.123 e. The topological polar surface area (TPSA) is 41.3 Å². The van der Waals surface area contributed by atoms with Gasteiger partial charge in [-0.2, -0.15) is 5.10 Å². The van der Waals surface area contributed by atoms with E-state index in [0.717, 1.165) is 37.3 Å². The molecule has 0 radical (unpaired) electrons. The summed E-state index contributed by atoms with van der Waals surface area (Å²) in [7, 11) is 0. The lowest BCUT2D eigenvalue weighted by molar-refractivity contribution is 0.175. The van der Waals surface area contributed by atoms with Gasteiger partial charge >= 0.3 is 0 Å². The molecule has 0 aliphatic carbocycles. The normalized spacial score (nSPS) is 20.0. The van der Waals surface area contributed by atoms with Crippen LogP contribution in [0.4, 0.5) is 4.39 Å². The zero-order valence-electron chi connectivity index (χ0n) is 10.5. The summed E-state index contributed by atoms with van der Waals surface area (Å²) in [6.45, 7) is 2.43. The monoisotopic (exact) mass is 261 g/mol. The van der Waals surface area contributed by atoms with Crippen LogP contribution in [0.1, 0.15) is 12.0 Å². The first-order valence-electron chi connectivity index (χ1n) is 6.40. The third-order valence-electron chi connectivity index (χ3n) is 3.38. The molecule has 3 rings (SSSR count). The van der Waals surface area contributed by atoms with Crippen molar-refractivity contribution in [1.29, 1.82) is 0 Å². The van der Waals surface area contributed by atoms with Crippen LogP contribution in [0.25, 0.3) is 5.69 Å². The minimum atomic E-state index is -0.248. The Bertz CT molecular complexity index is 552. The van der Waals surface area contributed by atoms with Crippen LogP contribution in [0.3, 0.4) is 0 Å². The molecule has 2 heterocycles. The van der Waals surface area contributed by atoms with Gasteiger partial charge in [-0.15, -0.1) is 0 Å². The van der Waals surface area contributed by atoms with Crippen LogP contribution < -0.4 is 0 Å². The number of benzene rings is 1. The number of hydrogen-bond acceptors (Lipinski definition) is 3. The summed E-state index contributed by atoms with van der Waals surface area (Å²) in [5.41, 5.74) is 1.94. The molecule has 1 fully saturated rings. The molecule has 19 heavy (non-hydrogen) atoms. The molecule has 5 heteroatoms. The van der Waals surface area contributed by atoms with E-state index in [1.807, 2.05) is 12.4 Å². The molecule has 1 unspecified atom stereocenters. The average Bonchev–Trinajstić information content (AvgIpc) is 3.00. The number of halogens is 1. The molecule has 2 aromatic rings. The van der Waals surface area contributed by atoms with Gasteiger partial charge in [0, 0.05) is 31.4 Å². The van der Waals surface area contributed by atoms with E-state index >= 15 is 0 Å². The van der Waals surface area contributed by atoms with Crippen molar-refractivity contribution in [2.24, 2.45) is 0 Å². The van der Waals surface area contributed by atoms with E-state index in [9.17, 15) is 9.50 Å². The summed E-state index contributed by atoms with van der Waals surface area (Å²) in [4.78, 5) is 2.21. The van der Waals surface area contributed by atoms with Gasteiger partial charge in [-0.05, 0) is 30.7 Å². The van der Waals surface area contributed by atoms with Gasteiger partial charge < -0.3 is 5.11 Å². The smallest absolute Gasteiger partial charge is 0.123 e. The molecule has 4 nitrogen and oxygen atoms in total. The molecule has 1 aliphatic rings. The second-order valence-corrected chi connectivity index (χ2v) is 4.95. The molecular formula is C14H16FN3O. The molecule has 1 aromatic carbocycles. The Kier molecular flexibility index (Phi) is 3.31. The Labute approximate surface area is 111 Å². The fourth-order valence-corrected chi connectivity index (χ4v) is 2.39. The number of aromatic nitrogens is 2. The standard InChI is InChI=1S/C14H16FN3O/c15-12-1-3-13(4-2-12)18-9-11(7-16-18)8-17-6-5-14(19)10-17/h1-4,7,9,14,19H,5-6,8,10H2.